The van der Waals surface area contributed by atoms with Crippen LogP contribution < -0.4 is 5.73 Å². The summed E-state index contributed by atoms with van der Waals surface area (Å²) in [6, 6.07) is 2.12. The molecule has 3 N–H and O–H groups in total. The van der Waals surface area contributed by atoms with E-state index in [4.69, 9.17) is 11.0 Å². The molecule has 0 bridgehead atoms. The Morgan fingerprint density at radius 2 is 2.07 bits per heavy atom. The summed E-state index contributed by atoms with van der Waals surface area (Å²) in [4.78, 5) is 0. The van der Waals surface area contributed by atoms with Crippen molar-refractivity contribution >= 4 is 5.82 Å². The lowest BCUT2D eigenvalue weighted by Crippen LogP contribution is -2.06. The minimum atomic E-state index is 0.341. The maximum absolute atomic E-state index is 8.93. The molecule has 1 aliphatic rings. The molecule has 1 aromatic heterocycles. The first kappa shape index (κ1) is 9.07. The Bertz CT molecular complexity index is 355. The predicted octanol–water partition coefficient (Wildman–Crippen LogP) is 1.91. The number of nitriles is 1. The molecule has 0 aromatic carbocycles. The van der Waals surface area contributed by atoms with Crippen molar-refractivity contribution in [3.63, 3.8) is 0 Å². The van der Waals surface area contributed by atoms with E-state index in [1.54, 1.807) is 0 Å². The number of nitrogen functional groups attached to an aromatic ring is 1. The number of H-pyrrole nitrogens is 1. The van der Waals surface area contributed by atoms with E-state index in [9.17, 15) is 0 Å². The van der Waals surface area contributed by atoms with Crippen LogP contribution in [0.5, 0.6) is 0 Å². The molecule has 14 heavy (non-hydrogen) atoms. The molecule has 1 fully saturated rings. The first-order valence-electron chi connectivity index (χ1n) is 5.06. The second-order valence-corrected chi connectivity index (χ2v) is 3.84. The zero-order chi connectivity index (χ0) is 9.97. The predicted molar refractivity (Wildman–Crippen MR) is 53.5 cm³/mol. The second kappa shape index (κ2) is 3.70. The Morgan fingerprint density at radius 1 is 1.36 bits per heavy atom. The van der Waals surface area contributed by atoms with Gasteiger partial charge in [0.25, 0.3) is 0 Å². The average molecular weight is 190 g/mol. The van der Waals surface area contributed by atoms with Gasteiger partial charge in [0.05, 0.1) is 5.69 Å². The van der Waals surface area contributed by atoms with Gasteiger partial charge < -0.3 is 5.73 Å². The van der Waals surface area contributed by atoms with Gasteiger partial charge in [0.15, 0.2) is 5.82 Å². The van der Waals surface area contributed by atoms with Crippen molar-refractivity contribution in [1.29, 1.82) is 5.26 Å². The number of rotatable bonds is 1. The molecular formula is C10H14N4. The number of aromatic nitrogens is 2. The standard InChI is InChI=1S/C10H14N4/c11-6-8-9(13-14-10(8)12)7-4-2-1-3-5-7/h7H,1-5H2,(H3,12,13,14). The van der Waals surface area contributed by atoms with Crippen molar-refractivity contribution < 1.29 is 0 Å². The van der Waals surface area contributed by atoms with E-state index in [1.165, 1.54) is 19.3 Å². The monoisotopic (exact) mass is 190 g/mol. The van der Waals surface area contributed by atoms with E-state index < -0.39 is 0 Å². The average Bonchev–Trinajstić information content (AvgIpc) is 2.61. The number of nitrogens with one attached hydrogen (secondary N) is 1. The highest BCUT2D eigenvalue weighted by molar-refractivity contribution is 5.51. The number of hydrogen-bond donors (Lipinski definition) is 2. The van der Waals surface area contributed by atoms with Crippen LogP contribution in [0.4, 0.5) is 5.82 Å². The number of nitrogens with zero attached hydrogens (tertiary/aromatic N) is 2. The summed E-state index contributed by atoms with van der Waals surface area (Å²) >= 11 is 0. The van der Waals surface area contributed by atoms with E-state index >= 15 is 0 Å². The smallest absolute Gasteiger partial charge is 0.163 e. The highest BCUT2D eigenvalue weighted by Crippen LogP contribution is 2.34. The molecule has 0 unspecified atom stereocenters. The van der Waals surface area contributed by atoms with Crippen molar-refractivity contribution in [2.45, 2.75) is 38.0 Å². The van der Waals surface area contributed by atoms with E-state index in [-0.39, 0.29) is 0 Å². The van der Waals surface area contributed by atoms with Gasteiger partial charge >= 0.3 is 0 Å². The molecule has 1 saturated carbocycles. The van der Waals surface area contributed by atoms with Crippen molar-refractivity contribution in [3.8, 4) is 6.07 Å². The number of hydrogen-bond acceptors (Lipinski definition) is 3. The molecule has 0 saturated heterocycles. The van der Waals surface area contributed by atoms with Gasteiger partial charge in [-0.2, -0.15) is 10.4 Å². The molecule has 0 aliphatic heterocycles. The zero-order valence-electron chi connectivity index (χ0n) is 8.08. The summed E-state index contributed by atoms with van der Waals surface area (Å²) in [7, 11) is 0. The summed E-state index contributed by atoms with van der Waals surface area (Å²) in [5, 5.41) is 15.7. The van der Waals surface area contributed by atoms with E-state index in [2.05, 4.69) is 16.3 Å². The van der Waals surface area contributed by atoms with E-state index in [1.807, 2.05) is 0 Å². The van der Waals surface area contributed by atoms with Crippen LogP contribution in [-0.4, -0.2) is 10.2 Å². The zero-order valence-corrected chi connectivity index (χ0v) is 8.08. The third-order valence-electron chi connectivity index (χ3n) is 2.95. The van der Waals surface area contributed by atoms with Gasteiger partial charge in [-0.3, -0.25) is 5.10 Å². The quantitative estimate of drug-likeness (QED) is 0.710. The van der Waals surface area contributed by atoms with Crippen LogP contribution in [-0.2, 0) is 0 Å². The SMILES string of the molecule is N#Cc1c(N)n[nH]c1C1CCCCC1. The fraction of sp³-hybridized carbons (Fsp3) is 0.600. The molecule has 74 valence electrons. The lowest BCUT2D eigenvalue weighted by atomic mass is 9.86. The summed E-state index contributed by atoms with van der Waals surface area (Å²) in [5.74, 6) is 0.802. The molecule has 2 rings (SSSR count). The molecule has 0 radical (unpaired) electrons. The van der Waals surface area contributed by atoms with Crippen molar-refractivity contribution in [1.82, 2.24) is 10.2 Å². The third kappa shape index (κ3) is 1.46. The van der Waals surface area contributed by atoms with Crippen LogP contribution in [0, 0.1) is 11.3 Å². The fourth-order valence-corrected chi connectivity index (χ4v) is 2.17. The van der Waals surface area contributed by atoms with Gasteiger partial charge in [0.2, 0.25) is 0 Å². The minimum Gasteiger partial charge on any atom is -0.381 e. The van der Waals surface area contributed by atoms with Gasteiger partial charge in [-0.25, -0.2) is 0 Å². The molecule has 1 heterocycles. The highest BCUT2D eigenvalue weighted by atomic mass is 15.2. The number of anilines is 1. The maximum Gasteiger partial charge on any atom is 0.163 e. The summed E-state index contributed by atoms with van der Waals surface area (Å²) in [5.41, 5.74) is 7.10. The Morgan fingerprint density at radius 3 is 2.71 bits per heavy atom. The van der Waals surface area contributed by atoms with Crippen LogP contribution in [0.1, 0.15) is 49.3 Å². The van der Waals surface area contributed by atoms with E-state index in [0.29, 0.717) is 17.3 Å². The van der Waals surface area contributed by atoms with Gasteiger partial charge in [-0.05, 0) is 12.8 Å². The number of aromatic amines is 1. The molecule has 0 amide bonds. The summed E-state index contributed by atoms with van der Waals surface area (Å²) in [6.45, 7) is 0. The Balaban J connectivity index is 2.26. The Kier molecular flexibility index (Phi) is 2.40. The van der Waals surface area contributed by atoms with Gasteiger partial charge in [-0.15, -0.1) is 0 Å². The summed E-state index contributed by atoms with van der Waals surface area (Å²) in [6.07, 6.45) is 6.09. The Labute approximate surface area is 83.1 Å². The first-order chi connectivity index (χ1) is 6.83. The third-order valence-corrected chi connectivity index (χ3v) is 2.95. The largest absolute Gasteiger partial charge is 0.381 e. The molecule has 0 atom stereocenters. The molecule has 4 nitrogen and oxygen atoms in total. The Hall–Kier alpha value is -1.50. The molecule has 1 aromatic rings. The van der Waals surface area contributed by atoms with Crippen LogP contribution in [0.15, 0.2) is 0 Å². The lowest BCUT2D eigenvalue weighted by molar-refractivity contribution is 0.436. The van der Waals surface area contributed by atoms with Crippen LogP contribution in [0.2, 0.25) is 0 Å². The highest BCUT2D eigenvalue weighted by Gasteiger charge is 2.21. The second-order valence-electron chi connectivity index (χ2n) is 3.84. The van der Waals surface area contributed by atoms with Crippen LogP contribution >= 0.6 is 0 Å². The van der Waals surface area contributed by atoms with Gasteiger partial charge in [0.1, 0.15) is 11.6 Å². The van der Waals surface area contributed by atoms with Gasteiger partial charge in [0, 0.05) is 5.92 Å². The lowest BCUT2D eigenvalue weighted by Gasteiger charge is -2.20. The van der Waals surface area contributed by atoms with Crippen LogP contribution in [0.3, 0.4) is 0 Å². The van der Waals surface area contributed by atoms with E-state index in [0.717, 1.165) is 18.5 Å². The fourth-order valence-electron chi connectivity index (χ4n) is 2.17. The topological polar surface area (TPSA) is 78.5 Å². The molecule has 1 aliphatic carbocycles. The van der Waals surface area contributed by atoms with Crippen molar-refractivity contribution in [2.75, 3.05) is 5.73 Å². The normalized spacial score (nSPS) is 17.9. The molecule has 4 heteroatoms. The number of nitrogens with two attached hydrogens (primary N) is 1. The van der Waals surface area contributed by atoms with Gasteiger partial charge in [-0.1, -0.05) is 19.3 Å². The van der Waals surface area contributed by atoms with Crippen LogP contribution in [0.25, 0.3) is 0 Å². The van der Waals surface area contributed by atoms with Crippen molar-refractivity contribution in [3.05, 3.63) is 11.3 Å². The van der Waals surface area contributed by atoms with Crippen molar-refractivity contribution in [2.24, 2.45) is 0 Å². The molecular weight excluding hydrogens is 176 g/mol. The molecule has 0 spiro atoms. The first-order valence-corrected chi connectivity index (χ1v) is 5.06. The minimum absolute atomic E-state index is 0.341. The maximum atomic E-state index is 8.93. The summed E-state index contributed by atoms with van der Waals surface area (Å²) < 4.78 is 0.